The topological polar surface area (TPSA) is 86.8 Å². The van der Waals surface area contributed by atoms with Gasteiger partial charge in [-0.3, -0.25) is 13.9 Å². The van der Waals surface area contributed by atoms with Crippen LogP contribution in [0.4, 0.5) is 5.69 Å². The molecular weight excluding hydrogens is 534 g/mol. The number of carbonyl (C=O) groups excluding carboxylic acids is 2. The minimum absolute atomic E-state index is 0.0821. The fourth-order valence-electron chi connectivity index (χ4n) is 5.48. The zero-order valence-corrected chi connectivity index (χ0v) is 25.3. The molecule has 218 valence electrons. The molecule has 0 aromatic heterocycles. The molecule has 0 bridgehead atoms. The van der Waals surface area contributed by atoms with Crippen LogP contribution in [0.2, 0.25) is 0 Å². The monoisotopic (exact) mass is 575 g/mol. The van der Waals surface area contributed by atoms with Gasteiger partial charge in [-0.2, -0.15) is 0 Å². The normalized spacial score (nSPS) is 14.4. The quantitative estimate of drug-likeness (QED) is 0.346. The van der Waals surface area contributed by atoms with Gasteiger partial charge in [0.25, 0.3) is 0 Å². The number of carbonyl (C=O) groups is 2. The number of rotatable bonds is 11. The first-order valence-corrected chi connectivity index (χ1v) is 16.1. The molecule has 41 heavy (non-hydrogen) atoms. The molecule has 4 rings (SSSR count). The first kappa shape index (κ1) is 30.3. The van der Waals surface area contributed by atoms with Crippen LogP contribution >= 0.6 is 0 Å². The van der Waals surface area contributed by atoms with E-state index in [1.807, 2.05) is 87.5 Å². The van der Waals surface area contributed by atoms with Gasteiger partial charge in [-0.1, -0.05) is 79.6 Å². The number of hydrogen-bond donors (Lipinski definition) is 1. The van der Waals surface area contributed by atoms with Gasteiger partial charge in [0.2, 0.25) is 21.8 Å². The Morgan fingerprint density at radius 2 is 1.56 bits per heavy atom. The van der Waals surface area contributed by atoms with Gasteiger partial charge in [-0.25, -0.2) is 8.42 Å². The SMILES string of the molecule is Cc1ccc(C)c(N(CC(=O)N(Cc2ccccc2C)C(Cc2ccccc2)C(=O)NC2CCCC2)S(C)(=O)=O)c1. The van der Waals surface area contributed by atoms with Crippen LogP contribution < -0.4 is 9.62 Å². The van der Waals surface area contributed by atoms with Crippen molar-refractivity contribution in [1.82, 2.24) is 10.2 Å². The molecule has 1 N–H and O–H groups in total. The van der Waals surface area contributed by atoms with E-state index in [1.54, 1.807) is 11.0 Å². The lowest BCUT2D eigenvalue weighted by atomic mass is 10.0. The molecule has 1 atom stereocenters. The van der Waals surface area contributed by atoms with Crippen LogP contribution in [0, 0.1) is 20.8 Å². The molecular formula is C33H41N3O4S. The lowest BCUT2D eigenvalue weighted by molar-refractivity contribution is -0.140. The molecule has 1 fully saturated rings. The molecule has 0 heterocycles. The van der Waals surface area contributed by atoms with E-state index in [0.29, 0.717) is 12.1 Å². The number of sulfonamides is 1. The molecule has 0 radical (unpaired) electrons. The van der Waals surface area contributed by atoms with Gasteiger partial charge in [0, 0.05) is 19.0 Å². The molecule has 7 nitrogen and oxygen atoms in total. The van der Waals surface area contributed by atoms with Crippen molar-refractivity contribution in [2.45, 2.75) is 71.5 Å². The molecule has 0 saturated heterocycles. The van der Waals surface area contributed by atoms with Crippen molar-refractivity contribution in [3.05, 3.63) is 101 Å². The Kier molecular flexibility index (Phi) is 9.86. The highest BCUT2D eigenvalue weighted by Gasteiger charge is 2.34. The van der Waals surface area contributed by atoms with Crippen LogP contribution in [-0.2, 0) is 32.6 Å². The fraction of sp³-hybridized carbons (Fsp3) is 0.394. The molecule has 3 aromatic carbocycles. The lowest BCUT2D eigenvalue weighted by Gasteiger charge is -2.34. The van der Waals surface area contributed by atoms with Gasteiger partial charge < -0.3 is 10.2 Å². The van der Waals surface area contributed by atoms with E-state index in [2.05, 4.69) is 5.32 Å². The first-order valence-electron chi connectivity index (χ1n) is 14.3. The maximum Gasteiger partial charge on any atom is 0.244 e. The van der Waals surface area contributed by atoms with Gasteiger partial charge in [0.05, 0.1) is 11.9 Å². The molecule has 8 heteroatoms. The predicted molar refractivity (Wildman–Crippen MR) is 164 cm³/mol. The Morgan fingerprint density at radius 1 is 0.902 bits per heavy atom. The second-order valence-corrected chi connectivity index (χ2v) is 13.1. The van der Waals surface area contributed by atoms with E-state index in [1.165, 1.54) is 0 Å². The third-order valence-corrected chi connectivity index (χ3v) is 9.01. The first-order chi connectivity index (χ1) is 19.5. The molecule has 1 aliphatic carbocycles. The van der Waals surface area contributed by atoms with Crippen molar-refractivity contribution in [3.8, 4) is 0 Å². The van der Waals surface area contributed by atoms with Crippen LogP contribution in [-0.4, -0.2) is 50.0 Å². The number of nitrogens with one attached hydrogen (secondary N) is 1. The summed E-state index contributed by atoms with van der Waals surface area (Å²) in [5.41, 5.74) is 4.93. The Bertz CT molecular complexity index is 1470. The molecule has 3 aromatic rings. The molecule has 2 amide bonds. The van der Waals surface area contributed by atoms with Crippen molar-refractivity contribution in [3.63, 3.8) is 0 Å². The highest BCUT2D eigenvalue weighted by molar-refractivity contribution is 7.92. The summed E-state index contributed by atoms with van der Waals surface area (Å²) in [6.07, 6.45) is 5.41. The molecule has 1 aliphatic rings. The largest absolute Gasteiger partial charge is 0.352 e. The average molecular weight is 576 g/mol. The summed E-state index contributed by atoms with van der Waals surface area (Å²) in [6.45, 7) is 5.47. The second kappa shape index (κ2) is 13.3. The van der Waals surface area contributed by atoms with E-state index in [-0.39, 0.29) is 18.5 Å². The third kappa shape index (κ3) is 7.97. The second-order valence-electron chi connectivity index (χ2n) is 11.2. The van der Waals surface area contributed by atoms with E-state index >= 15 is 0 Å². The number of hydrogen-bond acceptors (Lipinski definition) is 4. The van der Waals surface area contributed by atoms with Crippen molar-refractivity contribution in [2.75, 3.05) is 17.1 Å². The Balaban J connectivity index is 1.75. The lowest BCUT2D eigenvalue weighted by Crippen LogP contribution is -2.54. The Hall–Kier alpha value is -3.65. The number of aryl methyl sites for hydroxylation is 3. The molecule has 0 spiro atoms. The number of nitrogens with zero attached hydrogens (tertiary/aromatic N) is 2. The van der Waals surface area contributed by atoms with Crippen molar-refractivity contribution < 1.29 is 18.0 Å². The number of amides is 2. The van der Waals surface area contributed by atoms with E-state index < -0.39 is 28.5 Å². The molecule has 0 aliphatic heterocycles. The standard InChI is InChI=1S/C33H41N3O4S/c1-24-18-19-26(3)30(20-24)36(41(4,39)40)23-32(37)35(22-28-15-9-8-12-25(28)2)31(21-27-13-6-5-7-14-27)33(38)34-29-16-10-11-17-29/h5-9,12-15,18-20,29,31H,10-11,16-17,21-23H2,1-4H3,(H,34,38). The van der Waals surface area contributed by atoms with Crippen molar-refractivity contribution in [1.29, 1.82) is 0 Å². The zero-order chi connectivity index (χ0) is 29.6. The van der Waals surface area contributed by atoms with Crippen LogP contribution in [0.5, 0.6) is 0 Å². The highest BCUT2D eigenvalue weighted by atomic mass is 32.2. The van der Waals surface area contributed by atoms with Crippen molar-refractivity contribution >= 4 is 27.5 Å². The summed E-state index contributed by atoms with van der Waals surface area (Å²) in [7, 11) is -3.81. The predicted octanol–water partition coefficient (Wildman–Crippen LogP) is 5.08. The summed E-state index contributed by atoms with van der Waals surface area (Å²) < 4.78 is 27.3. The third-order valence-electron chi connectivity index (χ3n) is 7.89. The fourth-order valence-corrected chi connectivity index (χ4v) is 6.37. The van der Waals surface area contributed by atoms with E-state index in [4.69, 9.17) is 0 Å². The van der Waals surface area contributed by atoms with Gasteiger partial charge in [0.1, 0.15) is 12.6 Å². The Morgan fingerprint density at radius 3 is 2.22 bits per heavy atom. The minimum atomic E-state index is -3.81. The van der Waals surface area contributed by atoms with Crippen LogP contribution in [0.3, 0.4) is 0 Å². The van der Waals surface area contributed by atoms with Gasteiger partial charge in [-0.15, -0.1) is 0 Å². The maximum absolute atomic E-state index is 14.3. The smallest absolute Gasteiger partial charge is 0.244 e. The van der Waals surface area contributed by atoms with Crippen LogP contribution in [0.1, 0.15) is 53.5 Å². The molecule has 1 unspecified atom stereocenters. The summed E-state index contributed by atoms with van der Waals surface area (Å²) in [6, 6.07) is 22.2. The van der Waals surface area contributed by atoms with Crippen molar-refractivity contribution in [2.24, 2.45) is 0 Å². The summed E-state index contributed by atoms with van der Waals surface area (Å²) >= 11 is 0. The van der Waals surface area contributed by atoms with E-state index in [0.717, 1.165) is 64.1 Å². The average Bonchev–Trinajstić information content (AvgIpc) is 3.44. The summed E-state index contributed by atoms with van der Waals surface area (Å²) in [5, 5.41) is 3.20. The van der Waals surface area contributed by atoms with Gasteiger partial charge in [0.15, 0.2) is 0 Å². The zero-order valence-electron chi connectivity index (χ0n) is 24.5. The summed E-state index contributed by atoms with van der Waals surface area (Å²) in [4.78, 5) is 29.8. The van der Waals surface area contributed by atoms with E-state index in [9.17, 15) is 18.0 Å². The number of anilines is 1. The maximum atomic E-state index is 14.3. The highest BCUT2D eigenvalue weighted by Crippen LogP contribution is 2.26. The Labute approximate surface area is 244 Å². The minimum Gasteiger partial charge on any atom is -0.352 e. The van der Waals surface area contributed by atoms with Gasteiger partial charge in [-0.05, 0) is 67.5 Å². The van der Waals surface area contributed by atoms with Crippen LogP contribution in [0.15, 0.2) is 72.8 Å². The summed E-state index contributed by atoms with van der Waals surface area (Å²) in [5.74, 6) is -0.637. The number of benzene rings is 3. The van der Waals surface area contributed by atoms with Gasteiger partial charge >= 0.3 is 0 Å². The molecule has 1 saturated carbocycles. The van der Waals surface area contributed by atoms with Crippen LogP contribution in [0.25, 0.3) is 0 Å².